The van der Waals surface area contributed by atoms with Gasteiger partial charge >= 0.3 is 0 Å². The van der Waals surface area contributed by atoms with E-state index in [2.05, 4.69) is 5.48 Å². The maximum absolute atomic E-state index is 13.4. The third-order valence-corrected chi connectivity index (χ3v) is 8.26. The van der Waals surface area contributed by atoms with Crippen molar-refractivity contribution in [1.29, 1.82) is 0 Å². The van der Waals surface area contributed by atoms with Gasteiger partial charge in [-0.2, -0.15) is 0 Å². The van der Waals surface area contributed by atoms with Crippen LogP contribution in [-0.2, 0) is 37.3 Å². The normalized spacial score (nSPS) is 11.2. The van der Waals surface area contributed by atoms with Gasteiger partial charge in [0, 0.05) is 24.9 Å². The van der Waals surface area contributed by atoms with E-state index < -0.39 is 10.0 Å². The first-order valence-electron chi connectivity index (χ1n) is 11.9. The molecule has 0 aliphatic heterocycles. The van der Waals surface area contributed by atoms with Crippen LogP contribution in [0, 0.1) is 13.8 Å². The van der Waals surface area contributed by atoms with Crippen molar-refractivity contribution in [3.63, 3.8) is 0 Å². The Morgan fingerprint density at radius 2 is 1.65 bits per heavy atom. The fourth-order valence-corrected chi connectivity index (χ4v) is 5.64. The van der Waals surface area contributed by atoms with Crippen LogP contribution in [0.1, 0.15) is 35.1 Å². The Kier molecular flexibility index (Phi) is 9.86. The summed E-state index contributed by atoms with van der Waals surface area (Å²) in [6.45, 7) is 3.27. The van der Waals surface area contributed by atoms with Gasteiger partial charge in [0.05, 0.1) is 10.6 Å². The first-order valence-corrected chi connectivity index (χ1v) is 13.7. The molecule has 0 radical (unpaired) electrons. The van der Waals surface area contributed by atoms with Crippen LogP contribution in [-0.4, -0.2) is 33.8 Å². The van der Waals surface area contributed by atoms with Crippen LogP contribution >= 0.6 is 11.6 Å². The lowest BCUT2D eigenvalue weighted by molar-refractivity contribution is -0.138. The van der Waals surface area contributed by atoms with E-state index in [1.807, 2.05) is 42.5 Å². The van der Waals surface area contributed by atoms with Gasteiger partial charge in [0.2, 0.25) is 5.91 Å². The van der Waals surface area contributed by atoms with Gasteiger partial charge in [-0.25, -0.2) is 13.9 Å². The molecule has 0 aliphatic rings. The summed E-state index contributed by atoms with van der Waals surface area (Å²) in [5.41, 5.74) is 5.78. The molecule has 1 amide bonds. The lowest BCUT2D eigenvalue weighted by atomic mass is 10.1. The summed E-state index contributed by atoms with van der Waals surface area (Å²) in [5, 5.41) is 0.516. The molecule has 37 heavy (non-hydrogen) atoms. The van der Waals surface area contributed by atoms with Crippen LogP contribution in [0.3, 0.4) is 0 Å². The predicted molar refractivity (Wildman–Crippen MR) is 145 cm³/mol. The minimum Gasteiger partial charge on any atom is -0.297 e. The fourth-order valence-electron chi connectivity index (χ4n) is 3.90. The minimum atomic E-state index is -3.83. The molecule has 0 atom stereocenters. The molecule has 196 valence electrons. The number of nitrogens with one attached hydrogen (secondary N) is 1. The fraction of sp³-hybridized carbons (Fsp3) is 0.286. The van der Waals surface area contributed by atoms with Crippen molar-refractivity contribution in [3.05, 3.63) is 94.0 Å². The number of carbonyl (C=O) groups excluding carboxylic acids is 2. The zero-order valence-corrected chi connectivity index (χ0v) is 22.7. The van der Waals surface area contributed by atoms with E-state index in [1.165, 1.54) is 11.4 Å². The third-order valence-electron chi connectivity index (χ3n) is 5.94. The zero-order chi connectivity index (χ0) is 27.0. The monoisotopic (exact) mass is 542 g/mol. The number of sulfonamides is 1. The minimum absolute atomic E-state index is 0.143. The molecule has 0 unspecified atom stereocenters. The summed E-state index contributed by atoms with van der Waals surface area (Å²) >= 11 is 6.15. The Bertz CT molecular complexity index is 1360. The van der Waals surface area contributed by atoms with Gasteiger partial charge < -0.3 is 0 Å². The van der Waals surface area contributed by atoms with Gasteiger partial charge in [-0.05, 0) is 67.1 Å². The van der Waals surface area contributed by atoms with Gasteiger partial charge in [-0.15, -0.1) is 0 Å². The number of para-hydroxylation sites is 1. The lowest BCUT2D eigenvalue weighted by Gasteiger charge is -2.24. The van der Waals surface area contributed by atoms with Crippen molar-refractivity contribution in [2.45, 2.75) is 44.4 Å². The summed E-state index contributed by atoms with van der Waals surface area (Å²) in [4.78, 5) is 29.4. The first kappa shape index (κ1) is 28.4. The number of hydroxylamine groups is 1. The van der Waals surface area contributed by atoms with E-state index in [9.17, 15) is 18.0 Å². The lowest BCUT2D eigenvalue weighted by Crippen LogP contribution is -2.28. The molecule has 0 spiro atoms. The van der Waals surface area contributed by atoms with Crippen molar-refractivity contribution in [1.82, 2.24) is 5.48 Å². The molecule has 7 nitrogen and oxygen atoms in total. The van der Waals surface area contributed by atoms with Crippen molar-refractivity contribution >= 4 is 39.0 Å². The van der Waals surface area contributed by atoms with Gasteiger partial charge in [0.1, 0.15) is 6.61 Å². The number of rotatable bonds is 12. The highest BCUT2D eigenvalue weighted by atomic mass is 35.5. The standard InChI is InChI=1S/C28H31ClN2O5S/c1-20-17-27(21(2)16-25(20)29)37(34,35)31(3)26-14-8-7-12-23(26)13-9-15-28(33)30-36-19-24(32)18-22-10-5-4-6-11-22/h4-8,10-12,14,16-17H,9,13,15,18-19H2,1-3H3,(H,30,33). The molecule has 0 aliphatic carbocycles. The van der Waals surface area contributed by atoms with Crippen molar-refractivity contribution in [2.24, 2.45) is 0 Å². The number of Topliss-reactive ketones (excluding diaryl/α,β-unsaturated/α-hetero) is 1. The maximum atomic E-state index is 13.4. The molecule has 0 saturated heterocycles. The van der Waals surface area contributed by atoms with Crippen LogP contribution in [0.4, 0.5) is 5.69 Å². The molecule has 0 heterocycles. The maximum Gasteiger partial charge on any atom is 0.264 e. The van der Waals surface area contributed by atoms with Crippen LogP contribution in [0.15, 0.2) is 71.6 Å². The second-order valence-electron chi connectivity index (χ2n) is 8.84. The quantitative estimate of drug-likeness (QED) is 0.326. The number of hydrogen-bond acceptors (Lipinski definition) is 5. The summed E-state index contributed by atoms with van der Waals surface area (Å²) in [7, 11) is -2.31. The van der Waals surface area contributed by atoms with Crippen LogP contribution in [0.25, 0.3) is 0 Å². The molecule has 0 saturated carbocycles. The highest BCUT2D eigenvalue weighted by molar-refractivity contribution is 7.92. The summed E-state index contributed by atoms with van der Waals surface area (Å²) in [6.07, 6.45) is 1.35. The molecule has 3 rings (SSSR count). The highest BCUT2D eigenvalue weighted by Crippen LogP contribution is 2.30. The average molecular weight is 543 g/mol. The zero-order valence-electron chi connectivity index (χ0n) is 21.2. The van der Waals surface area contributed by atoms with Crippen molar-refractivity contribution in [3.8, 4) is 0 Å². The number of anilines is 1. The molecular weight excluding hydrogens is 512 g/mol. The van der Waals surface area contributed by atoms with E-state index in [0.717, 1.165) is 11.1 Å². The number of ketones is 1. The number of aryl methyl sites for hydroxylation is 3. The first-order chi connectivity index (χ1) is 17.6. The van der Waals surface area contributed by atoms with E-state index in [0.29, 0.717) is 34.7 Å². The van der Waals surface area contributed by atoms with Gasteiger partial charge in [0.25, 0.3) is 10.0 Å². The largest absolute Gasteiger partial charge is 0.297 e. The van der Waals surface area contributed by atoms with Gasteiger partial charge in [-0.1, -0.05) is 60.1 Å². The van der Waals surface area contributed by atoms with E-state index in [1.54, 1.807) is 38.1 Å². The summed E-state index contributed by atoms with van der Waals surface area (Å²) in [5.74, 6) is -0.492. The Morgan fingerprint density at radius 3 is 2.38 bits per heavy atom. The van der Waals surface area contributed by atoms with Gasteiger partial charge in [0.15, 0.2) is 5.78 Å². The smallest absolute Gasteiger partial charge is 0.264 e. The Balaban J connectivity index is 1.55. The molecular formula is C28H31ClN2O5S. The molecule has 0 aromatic heterocycles. The second kappa shape index (κ2) is 12.9. The number of amides is 1. The Hall–Kier alpha value is -3.20. The van der Waals surface area contributed by atoms with E-state index in [-0.39, 0.29) is 36.0 Å². The number of hydrogen-bond donors (Lipinski definition) is 1. The average Bonchev–Trinajstić information content (AvgIpc) is 2.86. The van der Waals surface area contributed by atoms with Crippen molar-refractivity contribution in [2.75, 3.05) is 18.0 Å². The molecule has 1 N–H and O–H groups in total. The molecule has 3 aromatic rings. The topological polar surface area (TPSA) is 92.8 Å². The highest BCUT2D eigenvalue weighted by Gasteiger charge is 2.25. The molecule has 0 bridgehead atoms. The molecule has 3 aromatic carbocycles. The number of carbonyl (C=O) groups is 2. The number of halogens is 1. The van der Waals surface area contributed by atoms with Crippen LogP contribution < -0.4 is 9.79 Å². The predicted octanol–water partition coefficient (Wildman–Crippen LogP) is 4.96. The van der Waals surface area contributed by atoms with Crippen LogP contribution in [0.2, 0.25) is 5.02 Å². The van der Waals surface area contributed by atoms with Crippen LogP contribution in [0.5, 0.6) is 0 Å². The van der Waals surface area contributed by atoms with E-state index in [4.69, 9.17) is 16.4 Å². The third kappa shape index (κ3) is 7.64. The number of benzene rings is 3. The molecule has 0 fully saturated rings. The Morgan fingerprint density at radius 1 is 0.973 bits per heavy atom. The Labute approximate surface area is 223 Å². The summed E-state index contributed by atoms with van der Waals surface area (Å²) in [6, 6.07) is 19.7. The molecule has 9 heteroatoms. The van der Waals surface area contributed by atoms with Crippen molar-refractivity contribution < 1.29 is 22.8 Å². The summed E-state index contributed by atoms with van der Waals surface area (Å²) < 4.78 is 28.1. The van der Waals surface area contributed by atoms with Gasteiger partial charge in [-0.3, -0.25) is 18.7 Å². The SMILES string of the molecule is Cc1cc(S(=O)(=O)N(C)c2ccccc2CCCC(=O)NOCC(=O)Cc2ccccc2)c(C)cc1Cl. The number of nitrogens with zero attached hydrogens (tertiary/aromatic N) is 1. The van der Waals surface area contributed by atoms with E-state index >= 15 is 0 Å². The second-order valence-corrected chi connectivity index (χ2v) is 11.2.